The van der Waals surface area contributed by atoms with Crippen LogP contribution in [-0.2, 0) is 42.7 Å². The molecule has 0 amide bonds. The third-order valence-electron chi connectivity index (χ3n) is 3.02. The first-order chi connectivity index (χ1) is 14.6. The standard InChI is InChI=1S/C11H22O5.C10H20O4.Na.H2O/c1-3-5-13-6-7-14-8-9-15-10-11(12)16-4-2;1-3-4-12-5-6-13-7-8-14-9-10(2)11;;/h3-10H2,1-2H3;3-9H2,1-2H3;;1H2/q;;+1;/p-1. The van der Waals surface area contributed by atoms with Gasteiger partial charge in [-0.2, -0.15) is 0 Å². The first kappa shape index (κ1) is 39.1. The van der Waals surface area contributed by atoms with Gasteiger partial charge in [0.2, 0.25) is 0 Å². The average Bonchev–Trinajstić information content (AvgIpc) is 2.72. The van der Waals surface area contributed by atoms with E-state index in [1.54, 1.807) is 6.92 Å². The summed E-state index contributed by atoms with van der Waals surface area (Å²) < 4.78 is 35.6. The molecule has 0 saturated heterocycles. The number of rotatable bonds is 21. The normalized spacial score (nSPS) is 9.75. The summed E-state index contributed by atoms with van der Waals surface area (Å²) in [6.45, 7) is 13.7. The van der Waals surface area contributed by atoms with Gasteiger partial charge in [0.25, 0.3) is 0 Å². The molecule has 0 heterocycles. The van der Waals surface area contributed by atoms with Crippen LogP contribution >= 0.6 is 0 Å². The van der Waals surface area contributed by atoms with Crippen LogP contribution in [0.1, 0.15) is 40.5 Å². The van der Waals surface area contributed by atoms with Crippen LogP contribution in [0.25, 0.3) is 0 Å². The summed E-state index contributed by atoms with van der Waals surface area (Å²) in [6, 6.07) is 0. The van der Waals surface area contributed by atoms with Crippen LogP contribution in [0, 0.1) is 0 Å². The number of Topliss-reactive ketones (excluding diaryl/α,β-unsaturated/α-hetero) is 1. The van der Waals surface area contributed by atoms with Crippen molar-refractivity contribution in [1.29, 1.82) is 0 Å². The number of hydrogen-bond donors (Lipinski definition) is 0. The zero-order valence-electron chi connectivity index (χ0n) is 20.7. The number of ether oxygens (including phenoxy) is 7. The molecule has 0 atom stereocenters. The fraction of sp³-hybridized carbons (Fsp3) is 0.905. The minimum Gasteiger partial charge on any atom is -0.870 e. The number of carbonyl (C=O) groups is 2. The third kappa shape index (κ3) is 40.2. The Morgan fingerprint density at radius 2 is 0.906 bits per heavy atom. The smallest absolute Gasteiger partial charge is 0.870 e. The summed E-state index contributed by atoms with van der Waals surface area (Å²) >= 11 is 0. The molecule has 0 aromatic carbocycles. The van der Waals surface area contributed by atoms with Gasteiger partial charge in [-0.1, -0.05) is 13.8 Å². The van der Waals surface area contributed by atoms with Crippen LogP contribution in [0.3, 0.4) is 0 Å². The molecule has 1 N–H and O–H groups in total. The SMILES string of the molecule is CCCOCCOCCOCC(=O)OCC.CCCOCCOCCOCC(C)=O.[Na+].[OH-]. The molecule has 0 saturated carbocycles. The molecule has 0 fully saturated rings. The maximum Gasteiger partial charge on any atom is 1.00 e. The van der Waals surface area contributed by atoms with Crippen LogP contribution in [0.15, 0.2) is 0 Å². The van der Waals surface area contributed by atoms with E-state index in [0.29, 0.717) is 59.5 Å². The Kier molecular flexibility index (Phi) is 43.3. The van der Waals surface area contributed by atoms with Crippen LogP contribution in [0.4, 0.5) is 0 Å². The zero-order valence-corrected chi connectivity index (χ0v) is 22.7. The molecule has 32 heavy (non-hydrogen) atoms. The van der Waals surface area contributed by atoms with Crippen molar-refractivity contribution in [3.05, 3.63) is 0 Å². The summed E-state index contributed by atoms with van der Waals surface area (Å²) in [5, 5.41) is 0. The third-order valence-corrected chi connectivity index (χ3v) is 3.02. The van der Waals surface area contributed by atoms with E-state index in [0.717, 1.165) is 26.1 Å². The largest absolute Gasteiger partial charge is 1.00 e. The zero-order chi connectivity index (χ0) is 22.7. The quantitative estimate of drug-likeness (QED) is 0.114. The molecule has 0 aliphatic heterocycles. The Morgan fingerprint density at radius 1 is 0.562 bits per heavy atom. The van der Waals surface area contributed by atoms with Crippen molar-refractivity contribution in [3.8, 4) is 0 Å². The molecule has 0 spiro atoms. The van der Waals surface area contributed by atoms with Crippen LogP contribution in [0.5, 0.6) is 0 Å². The van der Waals surface area contributed by atoms with Crippen molar-refractivity contribution in [3.63, 3.8) is 0 Å². The van der Waals surface area contributed by atoms with Crippen molar-refractivity contribution in [2.24, 2.45) is 0 Å². The Bertz CT molecular complexity index is 372. The predicted molar refractivity (Wildman–Crippen MR) is 115 cm³/mol. The summed E-state index contributed by atoms with van der Waals surface area (Å²) in [6.07, 6.45) is 2.05. The van der Waals surface area contributed by atoms with Gasteiger partial charge in [-0.25, -0.2) is 4.79 Å². The predicted octanol–water partition coefficient (Wildman–Crippen LogP) is -1.13. The van der Waals surface area contributed by atoms with E-state index in [4.69, 9.17) is 28.4 Å². The van der Waals surface area contributed by atoms with Crippen LogP contribution in [-0.4, -0.2) is 103 Å². The fourth-order valence-corrected chi connectivity index (χ4v) is 1.74. The Balaban J connectivity index is -0.000000232. The monoisotopic (exact) mass is 478 g/mol. The Hall–Kier alpha value is -0.140. The second kappa shape index (κ2) is 35.4. The van der Waals surface area contributed by atoms with Crippen LogP contribution < -0.4 is 29.6 Å². The van der Waals surface area contributed by atoms with Gasteiger partial charge in [-0.3, -0.25) is 4.79 Å². The average molecular weight is 479 g/mol. The molecule has 0 aromatic heterocycles. The second-order valence-electron chi connectivity index (χ2n) is 6.06. The van der Waals surface area contributed by atoms with E-state index < -0.39 is 0 Å². The van der Waals surface area contributed by atoms with Gasteiger partial charge < -0.3 is 38.6 Å². The molecule has 188 valence electrons. The maximum atomic E-state index is 10.8. The molecule has 0 aliphatic rings. The maximum absolute atomic E-state index is 10.8. The minimum absolute atomic E-state index is 0. The van der Waals surface area contributed by atoms with Gasteiger partial charge in [-0.15, -0.1) is 0 Å². The van der Waals surface area contributed by atoms with Crippen molar-refractivity contribution in [2.45, 2.75) is 40.5 Å². The van der Waals surface area contributed by atoms with Crippen molar-refractivity contribution < 1.29 is 77.8 Å². The first-order valence-corrected chi connectivity index (χ1v) is 10.7. The van der Waals surface area contributed by atoms with E-state index in [9.17, 15) is 9.59 Å². The molecule has 0 aliphatic carbocycles. The molecule has 0 rings (SSSR count). The molecule has 0 aromatic rings. The van der Waals surface area contributed by atoms with Gasteiger partial charge >= 0.3 is 35.5 Å². The van der Waals surface area contributed by atoms with Gasteiger partial charge in [0.15, 0.2) is 5.78 Å². The number of carbonyl (C=O) groups excluding carboxylic acids is 2. The molecular formula is C21H43NaO10. The van der Waals surface area contributed by atoms with E-state index in [2.05, 4.69) is 18.6 Å². The second-order valence-corrected chi connectivity index (χ2v) is 6.06. The minimum atomic E-state index is -0.339. The Labute approximate surface area is 215 Å². The fourth-order valence-electron chi connectivity index (χ4n) is 1.74. The summed E-state index contributed by atoms with van der Waals surface area (Å²) in [5.41, 5.74) is 0. The molecular weight excluding hydrogens is 435 g/mol. The number of ketones is 1. The van der Waals surface area contributed by atoms with E-state index >= 15 is 0 Å². The number of hydrogen-bond acceptors (Lipinski definition) is 10. The van der Waals surface area contributed by atoms with E-state index in [-0.39, 0.29) is 60.0 Å². The van der Waals surface area contributed by atoms with E-state index in [1.165, 1.54) is 6.92 Å². The topological polar surface area (TPSA) is 129 Å². The first-order valence-electron chi connectivity index (χ1n) is 10.7. The van der Waals surface area contributed by atoms with Gasteiger partial charge in [0.1, 0.15) is 13.2 Å². The van der Waals surface area contributed by atoms with Crippen LogP contribution in [0.2, 0.25) is 0 Å². The molecule has 0 radical (unpaired) electrons. The Morgan fingerprint density at radius 3 is 1.25 bits per heavy atom. The molecule has 0 bridgehead atoms. The van der Waals surface area contributed by atoms with Gasteiger partial charge in [-0.05, 0) is 26.7 Å². The van der Waals surface area contributed by atoms with Crippen molar-refractivity contribution >= 4 is 11.8 Å². The van der Waals surface area contributed by atoms with E-state index in [1.807, 2.05) is 0 Å². The summed E-state index contributed by atoms with van der Waals surface area (Å²) in [5.74, 6) is -0.301. The molecule has 0 unspecified atom stereocenters. The van der Waals surface area contributed by atoms with Crippen molar-refractivity contribution in [2.75, 3.05) is 85.9 Å². The summed E-state index contributed by atoms with van der Waals surface area (Å²) in [4.78, 5) is 21.3. The van der Waals surface area contributed by atoms with Gasteiger partial charge in [0, 0.05) is 13.2 Å². The summed E-state index contributed by atoms with van der Waals surface area (Å²) in [7, 11) is 0. The molecule has 11 heteroatoms. The number of esters is 1. The van der Waals surface area contributed by atoms with Gasteiger partial charge in [0.05, 0.1) is 59.5 Å². The van der Waals surface area contributed by atoms with Crippen molar-refractivity contribution in [1.82, 2.24) is 0 Å². The molecule has 10 nitrogen and oxygen atoms in total.